The van der Waals surface area contributed by atoms with E-state index >= 15 is 0 Å². The average Bonchev–Trinajstić information content (AvgIpc) is 2.36. The quantitative estimate of drug-likeness (QED) is 0.745. The minimum absolute atomic E-state index is 0.0762. The van der Waals surface area contributed by atoms with Crippen LogP contribution in [-0.4, -0.2) is 18.1 Å². The zero-order chi connectivity index (χ0) is 14.2. The fourth-order valence-electron chi connectivity index (χ4n) is 1.78. The van der Waals surface area contributed by atoms with Crippen LogP contribution >= 0.6 is 0 Å². The summed E-state index contributed by atoms with van der Waals surface area (Å²) in [7, 11) is 1.22. The number of benzene rings is 1. The number of pyridine rings is 1. The van der Waals surface area contributed by atoms with E-state index in [0.29, 0.717) is 16.5 Å². The maximum absolute atomic E-state index is 12.6. The molecule has 0 N–H and O–H groups in total. The summed E-state index contributed by atoms with van der Waals surface area (Å²) in [4.78, 5) is 15.4. The van der Waals surface area contributed by atoms with Crippen molar-refractivity contribution < 1.29 is 22.7 Å². The van der Waals surface area contributed by atoms with Gasteiger partial charge in [0, 0.05) is 5.39 Å². The van der Waals surface area contributed by atoms with E-state index in [4.69, 9.17) is 0 Å². The normalized spacial score (nSPS) is 11.6. The number of carbonyl (C=O) groups is 1. The summed E-state index contributed by atoms with van der Waals surface area (Å²) in [5, 5.41) is 0.363. The van der Waals surface area contributed by atoms with Gasteiger partial charge in [-0.2, -0.15) is 13.2 Å². The summed E-state index contributed by atoms with van der Waals surface area (Å²) in [6.07, 6.45) is -4.40. The number of nitrogens with zero attached hydrogens (tertiary/aromatic N) is 1. The summed E-state index contributed by atoms with van der Waals surface area (Å²) >= 11 is 0. The fourth-order valence-corrected chi connectivity index (χ4v) is 1.78. The van der Waals surface area contributed by atoms with Crippen LogP contribution in [0.4, 0.5) is 13.2 Å². The Hall–Kier alpha value is -2.11. The number of rotatable bonds is 1. The van der Waals surface area contributed by atoms with Gasteiger partial charge in [-0.3, -0.25) is 0 Å². The summed E-state index contributed by atoms with van der Waals surface area (Å²) in [6, 6.07) is 4.63. The van der Waals surface area contributed by atoms with Gasteiger partial charge in [0.1, 0.15) is 5.69 Å². The highest BCUT2D eigenvalue weighted by Crippen LogP contribution is 2.32. The molecule has 6 heteroatoms. The van der Waals surface area contributed by atoms with Crippen LogP contribution in [0.15, 0.2) is 24.3 Å². The van der Waals surface area contributed by atoms with E-state index < -0.39 is 17.7 Å². The smallest absolute Gasteiger partial charge is 0.416 e. The van der Waals surface area contributed by atoms with Crippen molar-refractivity contribution in [3.8, 4) is 0 Å². The van der Waals surface area contributed by atoms with Gasteiger partial charge in [-0.05, 0) is 36.8 Å². The van der Waals surface area contributed by atoms with Crippen LogP contribution in [0.3, 0.4) is 0 Å². The van der Waals surface area contributed by atoms with Crippen LogP contribution in [0, 0.1) is 6.92 Å². The molecule has 0 aliphatic rings. The molecule has 3 nitrogen and oxygen atoms in total. The minimum atomic E-state index is -4.40. The third-order valence-electron chi connectivity index (χ3n) is 2.74. The molecule has 1 aromatic carbocycles. The lowest BCUT2D eigenvalue weighted by Crippen LogP contribution is -2.07. The van der Waals surface area contributed by atoms with Crippen LogP contribution < -0.4 is 0 Å². The molecule has 1 aromatic heterocycles. The lowest BCUT2D eigenvalue weighted by Gasteiger charge is -2.09. The molecule has 0 unspecified atom stereocenters. The maximum atomic E-state index is 12.6. The van der Waals surface area contributed by atoms with E-state index in [-0.39, 0.29) is 5.69 Å². The van der Waals surface area contributed by atoms with Crippen LogP contribution in [0.1, 0.15) is 21.6 Å². The number of hydrogen-bond donors (Lipinski definition) is 0. The van der Waals surface area contributed by atoms with Gasteiger partial charge in [-0.1, -0.05) is 0 Å². The van der Waals surface area contributed by atoms with Crippen LogP contribution in [0.25, 0.3) is 10.9 Å². The zero-order valence-corrected chi connectivity index (χ0v) is 10.2. The van der Waals surface area contributed by atoms with Crippen molar-refractivity contribution >= 4 is 16.9 Å². The molecular weight excluding hydrogens is 259 g/mol. The largest absolute Gasteiger partial charge is 0.464 e. The van der Waals surface area contributed by atoms with Crippen molar-refractivity contribution in [3.63, 3.8) is 0 Å². The number of hydrogen-bond acceptors (Lipinski definition) is 3. The average molecular weight is 269 g/mol. The topological polar surface area (TPSA) is 39.2 Å². The van der Waals surface area contributed by atoms with Crippen molar-refractivity contribution in [3.05, 3.63) is 41.1 Å². The highest BCUT2D eigenvalue weighted by atomic mass is 19.4. The van der Waals surface area contributed by atoms with E-state index in [0.717, 1.165) is 12.1 Å². The Bertz CT molecular complexity index is 650. The molecule has 1 heterocycles. The van der Waals surface area contributed by atoms with E-state index in [1.54, 1.807) is 6.92 Å². The molecule has 0 spiro atoms. The Morgan fingerprint density at radius 1 is 1.26 bits per heavy atom. The van der Waals surface area contributed by atoms with Gasteiger partial charge in [0.2, 0.25) is 0 Å². The van der Waals surface area contributed by atoms with Gasteiger partial charge in [0.05, 0.1) is 18.2 Å². The van der Waals surface area contributed by atoms with Crippen LogP contribution in [0.2, 0.25) is 0 Å². The standard InChI is InChI=1S/C13H10F3NO2/c1-7-5-11(12(18)19-2)17-10-4-3-8(6-9(7)10)13(14,15)16/h3-6H,1-2H3. The van der Waals surface area contributed by atoms with Crippen molar-refractivity contribution in [2.75, 3.05) is 7.11 Å². The molecule has 0 fully saturated rings. The number of methoxy groups -OCH3 is 1. The summed E-state index contributed by atoms with van der Waals surface area (Å²) < 4.78 is 42.4. The number of aryl methyl sites for hydroxylation is 1. The molecule has 100 valence electrons. The molecular formula is C13H10F3NO2. The van der Waals surface area contributed by atoms with Gasteiger partial charge < -0.3 is 4.74 Å². The molecule has 2 rings (SSSR count). The van der Waals surface area contributed by atoms with Gasteiger partial charge in [-0.25, -0.2) is 9.78 Å². The summed E-state index contributed by atoms with van der Waals surface area (Å²) in [5.74, 6) is -0.620. The molecule has 0 atom stereocenters. The SMILES string of the molecule is COC(=O)c1cc(C)c2cc(C(F)(F)F)ccc2n1. The number of aromatic nitrogens is 1. The van der Waals surface area contributed by atoms with Crippen molar-refractivity contribution in [2.45, 2.75) is 13.1 Å². The first-order valence-electron chi connectivity index (χ1n) is 5.40. The molecule has 19 heavy (non-hydrogen) atoms. The van der Waals surface area contributed by atoms with E-state index in [1.165, 1.54) is 19.2 Å². The first-order valence-corrected chi connectivity index (χ1v) is 5.40. The molecule has 0 radical (unpaired) electrons. The van der Waals surface area contributed by atoms with Gasteiger partial charge >= 0.3 is 12.1 Å². The Morgan fingerprint density at radius 2 is 1.95 bits per heavy atom. The number of ether oxygens (including phenoxy) is 1. The predicted octanol–water partition coefficient (Wildman–Crippen LogP) is 3.35. The highest BCUT2D eigenvalue weighted by Gasteiger charge is 2.30. The number of alkyl halides is 3. The van der Waals surface area contributed by atoms with Gasteiger partial charge in [0.15, 0.2) is 0 Å². The first kappa shape index (κ1) is 13.3. The highest BCUT2D eigenvalue weighted by molar-refractivity contribution is 5.92. The second kappa shape index (κ2) is 4.53. The molecule has 0 amide bonds. The second-order valence-corrected chi connectivity index (χ2v) is 4.05. The van der Waals surface area contributed by atoms with E-state index in [2.05, 4.69) is 9.72 Å². The monoisotopic (exact) mass is 269 g/mol. The van der Waals surface area contributed by atoms with Crippen LogP contribution in [0.5, 0.6) is 0 Å². The predicted molar refractivity (Wildman–Crippen MR) is 62.8 cm³/mol. The molecule has 2 aromatic rings. The summed E-state index contributed by atoms with van der Waals surface area (Å²) in [6.45, 7) is 1.62. The number of carbonyl (C=O) groups excluding carboxylic acids is 1. The van der Waals surface area contributed by atoms with Crippen molar-refractivity contribution in [2.24, 2.45) is 0 Å². The lowest BCUT2D eigenvalue weighted by molar-refractivity contribution is -0.137. The molecule has 0 saturated carbocycles. The summed E-state index contributed by atoms with van der Waals surface area (Å²) in [5.41, 5.74) is 0.202. The number of esters is 1. The lowest BCUT2D eigenvalue weighted by atomic mass is 10.1. The molecule has 0 aliphatic carbocycles. The van der Waals surface area contributed by atoms with Crippen LogP contribution in [-0.2, 0) is 10.9 Å². The molecule has 0 aliphatic heterocycles. The zero-order valence-electron chi connectivity index (χ0n) is 10.2. The minimum Gasteiger partial charge on any atom is -0.464 e. The van der Waals surface area contributed by atoms with E-state index in [1.807, 2.05) is 0 Å². The van der Waals surface area contributed by atoms with Gasteiger partial charge in [-0.15, -0.1) is 0 Å². The maximum Gasteiger partial charge on any atom is 0.416 e. The third-order valence-corrected chi connectivity index (χ3v) is 2.74. The Balaban J connectivity index is 2.63. The Labute approximate surface area is 107 Å². The van der Waals surface area contributed by atoms with Crippen molar-refractivity contribution in [1.82, 2.24) is 4.98 Å². The van der Waals surface area contributed by atoms with Crippen molar-refractivity contribution in [1.29, 1.82) is 0 Å². The first-order chi connectivity index (χ1) is 8.82. The number of halogens is 3. The van der Waals surface area contributed by atoms with Gasteiger partial charge in [0.25, 0.3) is 0 Å². The second-order valence-electron chi connectivity index (χ2n) is 4.05. The fraction of sp³-hybridized carbons (Fsp3) is 0.231. The number of fused-ring (bicyclic) bond motifs is 1. The van der Waals surface area contributed by atoms with E-state index in [9.17, 15) is 18.0 Å². The Morgan fingerprint density at radius 3 is 2.53 bits per heavy atom. The molecule has 0 saturated heterocycles. The molecule has 0 bridgehead atoms. The third kappa shape index (κ3) is 2.52. The Kier molecular flexibility index (Phi) is 3.18.